The van der Waals surface area contributed by atoms with E-state index in [1.165, 1.54) is 0 Å². The molecule has 0 unspecified atom stereocenters. The maximum atomic E-state index is 8.89. The van der Waals surface area contributed by atoms with E-state index >= 15 is 0 Å². The number of urea groups is 1. The zero-order valence-corrected chi connectivity index (χ0v) is 3.29. The standard InChI is InChI=1S/CH4N2O.Ni/c2-1(3)4;/h(H4,2,3,4);/p-1. The molecule has 0 aromatic heterocycles. The van der Waals surface area contributed by atoms with Crippen LogP contribution >= 0.6 is 0 Å². The Labute approximate surface area is 39.6 Å². The molecule has 0 bridgehead atoms. The van der Waals surface area contributed by atoms with Crippen LogP contribution in [-0.4, -0.2) is 6.03 Å². The molecular formula is CH3N2NiO-. The molecule has 4 heteroatoms. The summed E-state index contributed by atoms with van der Waals surface area (Å²) in [7, 11) is 0. The van der Waals surface area contributed by atoms with Gasteiger partial charge in [-0.15, -0.1) is 0 Å². The van der Waals surface area contributed by atoms with Gasteiger partial charge in [0.05, 0.1) is 0 Å². The van der Waals surface area contributed by atoms with Gasteiger partial charge in [-0.1, -0.05) is 0 Å². The maximum Gasteiger partial charge on any atom is 0.147 e. The molecule has 3 nitrogen and oxygen atoms in total. The minimum absolute atomic E-state index is 0. The number of carbonyl (C=O) groups is 1. The minimum atomic E-state index is -1.08. The smallest absolute Gasteiger partial charge is 0.147 e. The second-order valence-electron chi connectivity index (χ2n) is 0.364. The van der Waals surface area contributed by atoms with Gasteiger partial charge in [0.2, 0.25) is 0 Å². The fraction of sp³-hybridized carbons (Fsp3) is 0. The quantitative estimate of drug-likeness (QED) is 0.450. The summed E-state index contributed by atoms with van der Waals surface area (Å²) in [4.78, 5) is 8.89. The van der Waals surface area contributed by atoms with Gasteiger partial charge in [0.1, 0.15) is 6.03 Å². The molecule has 0 radical (unpaired) electrons. The summed E-state index contributed by atoms with van der Waals surface area (Å²) in [6.45, 7) is 0. The van der Waals surface area contributed by atoms with Crippen molar-refractivity contribution in [2.45, 2.75) is 0 Å². The summed E-state index contributed by atoms with van der Waals surface area (Å²) in [5.41, 5.74) is 9.86. The number of carbonyl (C=O) groups excluding carboxylic acids is 1. The number of hydrogen-bond donors (Lipinski definition) is 1. The van der Waals surface area contributed by atoms with Crippen LogP contribution in [0.1, 0.15) is 0 Å². The summed E-state index contributed by atoms with van der Waals surface area (Å²) < 4.78 is 0. The Morgan fingerprint density at radius 1 is 1.80 bits per heavy atom. The van der Waals surface area contributed by atoms with Gasteiger partial charge in [-0.05, 0) is 0 Å². The van der Waals surface area contributed by atoms with Crippen molar-refractivity contribution >= 4 is 6.03 Å². The second-order valence-corrected chi connectivity index (χ2v) is 0.364. The average molecular weight is 118 g/mol. The molecule has 0 atom stereocenters. The predicted octanol–water partition coefficient (Wildman–Crippen LogP) is 0.115. The van der Waals surface area contributed by atoms with Crippen LogP contribution in [0.15, 0.2) is 0 Å². The second kappa shape index (κ2) is 3.76. The van der Waals surface area contributed by atoms with Crippen molar-refractivity contribution < 1.29 is 21.3 Å². The maximum absolute atomic E-state index is 8.89. The van der Waals surface area contributed by atoms with Crippen LogP contribution in [0.5, 0.6) is 0 Å². The van der Waals surface area contributed by atoms with Crippen LogP contribution in [-0.2, 0) is 16.5 Å². The Balaban J connectivity index is 0. The summed E-state index contributed by atoms with van der Waals surface area (Å²) in [6, 6.07) is -1.08. The molecule has 0 aromatic rings. The Morgan fingerprint density at radius 2 is 1.80 bits per heavy atom. The Kier molecular flexibility index (Phi) is 6.65. The number of primary amides is 1. The minimum Gasteiger partial charge on any atom is -0.463 e. The van der Waals surface area contributed by atoms with Crippen molar-refractivity contribution in [3.8, 4) is 0 Å². The van der Waals surface area contributed by atoms with Gasteiger partial charge < -0.3 is 11.5 Å². The molecule has 34 valence electrons. The molecule has 0 saturated heterocycles. The Morgan fingerprint density at radius 3 is 1.80 bits per heavy atom. The van der Waals surface area contributed by atoms with Crippen LogP contribution in [0.4, 0.5) is 4.79 Å². The SMILES string of the molecule is [NH-]C(N)=O.[Ni]. The fourth-order valence-corrected chi connectivity index (χ4v) is 0. The summed E-state index contributed by atoms with van der Waals surface area (Å²) in [5, 5.41) is 0. The first-order valence-corrected chi connectivity index (χ1v) is 0.743. The fourth-order valence-electron chi connectivity index (χ4n) is 0. The third-order valence-corrected chi connectivity index (χ3v) is 0. The summed E-state index contributed by atoms with van der Waals surface area (Å²) >= 11 is 0. The number of hydrogen-bond acceptors (Lipinski definition) is 1. The van der Waals surface area contributed by atoms with Crippen molar-refractivity contribution in [2.24, 2.45) is 5.73 Å². The van der Waals surface area contributed by atoms with E-state index in [2.05, 4.69) is 5.73 Å². The van der Waals surface area contributed by atoms with Gasteiger partial charge in [0.25, 0.3) is 0 Å². The molecule has 0 saturated carbocycles. The van der Waals surface area contributed by atoms with E-state index in [0.29, 0.717) is 0 Å². The van der Waals surface area contributed by atoms with Crippen LogP contribution in [0, 0.1) is 0 Å². The molecule has 0 heterocycles. The van der Waals surface area contributed by atoms with E-state index in [0.717, 1.165) is 0 Å². The molecular weight excluding hydrogens is 115 g/mol. The first kappa shape index (κ1) is 8.83. The van der Waals surface area contributed by atoms with Crippen LogP contribution in [0.2, 0.25) is 0 Å². The van der Waals surface area contributed by atoms with E-state index in [1.807, 2.05) is 0 Å². The molecule has 0 aliphatic heterocycles. The van der Waals surface area contributed by atoms with Gasteiger partial charge >= 0.3 is 0 Å². The normalized spacial score (nSPS) is 4.80. The van der Waals surface area contributed by atoms with Crippen molar-refractivity contribution in [3.05, 3.63) is 5.73 Å². The molecule has 0 aromatic carbocycles. The number of nitrogens with one attached hydrogen (secondary N) is 1. The van der Waals surface area contributed by atoms with Crippen molar-refractivity contribution in [1.82, 2.24) is 0 Å². The van der Waals surface area contributed by atoms with Gasteiger partial charge in [-0.25, -0.2) is 0 Å². The van der Waals surface area contributed by atoms with E-state index in [-0.39, 0.29) is 16.5 Å². The van der Waals surface area contributed by atoms with E-state index in [9.17, 15) is 0 Å². The van der Waals surface area contributed by atoms with Crippen LogP contribution in [0.25, 0.3) is 5.73 Å². The summed E-state index contributed by atoms with van der Waals surface area (Å²) in [6.07, 6.45) is 0. The van der Waals surface area contributed by atoms with E-state index < -0.39 is 6.03 Å². The predicted molar refractivity (Wildman–Crippen MR) is 13.9 cm³/mol. The monoisotopic (exact) mass is 117 g/mol. The molecule has 0 fully saturated rings. The molecule has 0 rings (SSSR count). The van der Waals surface area contributed by atoms with E-state index in [1.54, 1.807) is 0 Å². The third kappa shape index (κ3) is 209. The van der Waals surface area contributed by atoms with Crippen LogP contribution < -0.4 is 5.73 Å². The van der Waals surface area contributed by atoms with Crippen molar-refractivity contribution in [1.29, 1.82) is 0 Å². The zero-order chi connectivity index (χ0) is 3.58. The first-order chi connectivity index (χ1) is 1.73. The van der Waals surface area contributed by atoms with Crippen molar-refractivity contribution in [2.75, 3.05) is 0 Å². The molecule has 3 N–H and O–H groups in total. The molecule has 0 aliphatic carbocycles. The Hall–Kier alpha value is -0.236. The number of amides is 2. The van der Waals surface area contributed by atoms with Gasteiger partial charge in [-0.3, -0.25) is 4.79 Å². The molecule has 0 spiro atoms. The number of nitrogens with two attached hydrogens (primary N) is 1. The largest absolute Gasteiger partial charge is 0.463 e. The van der Waals surface area contributed by atoms with Crippen LogP contribution in [0.3, 0.4) is 0 Å². The average Bonchev–Trinajstić information content (AvgIpc) is 0.811. The van der Waals surface area contributed by atoms with Gasteiger partial charge in [0, 0.05) is 16.5 Å². The number of rotatable bonds is 0. The summed E-state index contributed by atoms with van der Waals surface area (Å²) in [5.74, 6) is 0. The zero-order valence-electron chi connectivity index (χ0n) is 2.30. The van der Waals surface area contributed by atoms with Gasteiger partial charge in [0.15, 0.2) is 0 Å². The third-order valence-electron chi connectivity index (χ3n) is 0. The molecule has 2 amide bonds. The molecule has 0 aliphatic rings. The topological polar surface area (TPSA) is 66.9 Å². The first-order valence-electron chi connectivity index (χ1n) is 0.743. The van der Waals surface area contributed by atoms with Gasteiger partial charge in [-0.2, -0.15) is 0 Å². The van der Waals surface area contributed by atoms with Crippen molar-refractivity contribution in [3.63, 3.8) is 0 Å². The molecule has 5 heavy (non-hydrogen) atoms. The van der Waals surface area contributed by atoms with E-state index in [4.69, 9.17) is 10.5 Å². The Bertz CT molecular complexity index is 32.6.